The van der Waals surface area contributed by atoms with Gasteiger partial charge in [0.25, 0.3) is 5.56 Å². The third-order valence-corrected chi connectivity index (χ3v) is 2.45. The van der Waals surface area contributed by atoms with Crippen molar-refractivity contribution >= 4 is 0 Å². The normalized spacial score (nSPS) is 10.4. The predicted molar refractivity (Wildman–Crippen MR) is 62.9 cm³/mol. The summed E-state index contributed by atoms with van der Waals surface area (Å²) in [7, 11) is 0. The topological polar surface area (TPSA) is 71.8 Å². The Morgan fingerprint density at radius 2 is 2.31 bits per heavy atom. The molecule has 0 saturated carbocycles. The van der Waals surface area contributed by atoms with Crippen molar-refractivity contribution < 1.29 is 0 Å². The van der Waals surface area contributed by atoms with E-state index in [0.717, 1.165) is 16.8 Å². The van der Waals surface area contributed by atoms with Gasteiger partial charge >= 0.3 is 0 Å². The summed E-state index contributed by atoms with van der Waals surface area (Å²) in [4.78, 5) is 18.5. The lowest BCUT2D eigenvalue weighted by Gasteiger charge is -2.07. The molecule has 0 amide bonds. The van der Waals surface area contributed by atoms with Crippen molar-refractivity contribution in [1.29, 1.82) is 0 Å². The lowest BCUT2D eigenvalue weighted by atomic mass is 10.0. The van der Waals surface area contributed by atoms with Gasteiger partial charge in [-0.3, -0.25) is 9.78 Å². The van der Waals surface area contributed by atoms with Crippen LogP contribution < -0.4 is 11.3 Å². The average Bonchev–Trinajstić information content (AvgIpc) is 2.29. The number of nitrogens with two attached hydrogens (primary N) is 1. The van der Waals surface area contributed by atoms with Gasteiger partial charge in [-0.15, -0.1) is 0 Å². The first kappa shape index (κ1) is 10.6. The summed E-state index contributed by atoms with van der Waals surface area (Å²) in [5.41, 5.74) is 8.66. The number of nitrogens with zero attached hydrogens (tertiary/aromatic N) is 1. The fourth-order valence-corrected chi connectivity index (χ4v) is 1.70. The maximum absolute atomic E-state index is 11.7. The average molecular weight is 215 g/mol. The highest BCUT2D eigenvalue weighted by Crippen LogP contribution is 2.20. The summed E-state index contributed by atoms with van der Waals surface area (Å²) >= 11 is 0. The number of aryl methyl sites for hydroxylation is 1. The molecule has 0 saturated heterocycles. The molecule has 0 aliphatic heterocycles. The van der Waals surface area contributed by atoms with E-state index in [4.69, 9.17) is 5.73 Å². The number of nitrogens with one attached hydrogen (secondary N) is 1. The highest BCUT2D eigenvalue weighted by molar-refractivity contribution is 5.66. The van der Waals surface area contributed by atoms with Crippen LogP contribution >= 0.6 is 0 Å². The van der Waals surface area contributed by atoms with Crippen molar-refractivity contribution in [2.45, 2.75) is 13.5 Å². The van der Waals surface area contributed by atoms with E-state index in [-0.39, 0.29) is 12.1 Å². The Kier molecular flexibility index (Phi) is 2.83. The third-order valence-electron chi connectivity index (χ3n) is 2.45. The molecule has 0 aliphatic carbocycles. The zero-order valence-electron chi connectivity index (χ0n) is 9.03. The van der Waals surface area contributed by atoms with Crippen LogP contribution in [0.4, 0.5) is 0 Å². The Labute approximate surface area is 93.2 Å². The molecule has 3 N–H and O–H groups in total. The molecule has 0 radical (unpaired) electrons. The number of hydrogen-bond acceptors (Lipinski definition) is 3. The minimum Gasteiger partial charge on any atom is -0.326 e. The molecule has 2 heterocycles. The molecular weight excluding hydrogens is 202 g/mol. The van der Waals surface area contributed by atoms with E-state index < -0.39 is 0 Å². The molecule has 0 unspecified atom stereocenters. The van der Waals surface area contributed by atoms with Gasteiger partial charge in [-0.2, -0.15) is 0 Å². The first-order valence-corrected chi connectivity index (χ1v) is 5.05. The van der Waals surface area contributed by atoms with Crippen LogP contribution in [0, 0.1) is 6.92 Å². The van der Waals surface area contributed by atoms with E-state index in [1.807, 2.05) is 25.1 Å². The Morgan fingerprint density at radius 3 is 2.94 bits per heavy atom. The summed E-state index contributed by atoms with van der Waals surface area (Å²) in [5.74, 6) is 0. The van der Waals surface area contributed by atoms with Crippen LogP contribution in [0.15, 0.2) is 35.4 Å². The summed E-state index contributed by atoms with van der Waals surface area (Å²) in [5, 5.41) is 0. The Bertz CT molecular complexity index is 546. The van der Waals surface area contributed by atoms with Crippen molar-refractivity contribution in [2.75, 3.05) is 0 Å². The maximum Gasteiger partial charge on any atom is 0.253 e. The molecule has 0 atom stereocenters. The van der Waals surface area contributed by atoms with Gasteiger partial charge in [0.2, 0.25) is 0 Å². The number of aromatic nitrogens is 2. The Balaban J connectivity index is 2.69. The van der Waals surface area contributed by atoms with Crippen LogP contribution in [0.5, 0.6) is 0 Å². The van der Waals surface area contributed by atoms with Gasteiger partial charge in [0, 0.05) is 35.8 Å². The summed E-state index contributed by atoms with van der Waals surface area (Å²) in [6.07, 6.45) is 3.43. The van der Waals surface area contributed by atoms with Crippen molar-refractivity contribution in [3.63, 3.8) is 0 Å². The van der Waals surface area contributed by atoms with E-state index in [1.54, 1.807) is 12.4 Å². The van der Waals surface area contributed by atoms with Crippen molar-refractivity contribution in [3.05, 3.63) is 52.2 Å². The predicted octanol–water partition coefficient (Wildman–Crippen LogP) is 1.20. The zero-order valence-corrected chi connectivity index (χ0v) is 9.03. The molecule has 4 nitrogen and oxygen atoms in total. The Morgan fingerprint density at radius 1 is 1.50 bits per heavy atom. The van der Waals surface area contributed by atoms with Gasteiger partial charge in [-0.1, -0.05) is 6.07 Å². The third kappa shape index (κ3) is 1.87. The molecule has 0 spiro atoms. The number of aromatic amines is 1. The van der Waals surface area contributed by atoms with Gasteiger partial charge in [-0.25, -0.2) is 0 Å². The molecule has 0 fully saturated rings. The molecule has 0 aliphatic rings. The largest absolute Gasteiger partial charge is 0.326 e. The standard InChI is InChI=1S/C12H13N3O/c1-8-5-10(9-3-2-4-14-7-9)11(6-13)12(16)15-8/h2-5,7H,6,13H2,1H3,(H,15,16). The van der Waals surface area contributed by atoms with E-state index in [1.165, 1.54) is 0 Å². The fourth-order valence-electron chi connectivity index (χ4n) is 1.70. The molecular formula is C12H13N3O. The summed E-state index contributed by atoms with van der Waals surface area (Å²) < 4.78 is 0. The van der Waals surface area contributed by atoms with Gasteiger partial charge in [-0.05, 0) is 24.6 Å². The second-order valence-electron chi connectivity index (χ2n) is 3.62. The number of rotatable bonds is 2. The van der Waals surface area contributed by atoms with E-state index >= 15 is 0 Å². The molecule has 82 valence electrons. The van der Waals surface area contributed by atoms with Gasteiger partial charge in [0.05, 0.1) is 0 Å². The molecule has 2 aromatic rings. The molecule has 0 bridgehead atoms. The smallest absolute Gasteiger partial charge is 0.253 e. The molecule has 2 rings (SSSR count). The lowest BCUT2D eigenvalue weighted by Crippen LogP contribution is -2.18. The molecule has 0 aromatic carbocycles. The second kappa shape index (κ2) is 4.28. The minimum atomic E-state index is -0.124. The van der Waals surface area contributed by atoms with Gasteiger partial charge in [0.1, 0.15) is 0 Å². The van der Waals surface area contributed by atoms with Crippen LogP contribution in [0.1, 0.15) is 11.3 Å². The summed E-state index contributed by atoms with van der Waals surface area (Å²) in [6.45, 7) is 2.07. The van der Waals surface area contributed by atoms with Crippen LogP contribution in [0.2, 0.25) is 0 Å². The fraction of sp³-hybridized carbons (Fsp3) is 0.167. The molecule has 2 aromatic heterocycles. The van der Waals surface area contributed by atoms with Crippen molar-refractivity contribution in [2.24, 2.45) is 5.73 Å². The van der Waals surface area contributed by atoms with Crippen LogP contribution in [0.3, 0.4) is 0 Å². The summed E-state index contributed by atoms with van der Waals surface area (Å²) in [6, 6.07) is 5.67. The zero-order chi connectivity index (χ0) is 11.5. The first-order chi connectivity index (χ1) is 7.72. The maximum atomic E-state index is 11.7. The number of pyridine rings is 2. The first-order valence-electron chi connectivity index (χ1n) is 5.05. The van der Waals surface area contributed by atoms with E-state index in [0.29, 0.717) is 5.56 Å². The number of H-pyrrole nitrogens is 1. The van der Waals surface area contributed by atoms with Gasteiger partial charge in [0.15, 0.2) is 0 Å². The van der Waals surface area contributed by atoms with E-state index in [2.05, 4.69) is 9.97 Å². The molecule has 16 heavy (non-hydrogen) atoms. The highest BCUT2D eigenvalue weighted by atomic mass is 16.1. The van der Waals surface area contributed by atoms with E-state index in [9.17, 15) is 4.79 Å². The van der Waals surface area contributed by atoms with Gasteiger partial charge < -0.3 is 10.7 Å². The monoisotopic (exact) mass is 215 g/mol. The Hall–Kier alpha value is -1.94. The van der Waals surface area contributed by atoms with Crippen LogP contribution in [0.25, 0.3) is 11.1 Å². The highest BCUT2D eigenvalue weighted by Gasteiger charge is 2.08. The number of hydrogen-bond donors (Lipinski definition) is 2. The van der Waals surface area contributed by atoms with Crippen LogP contribution in [-0.4, -0.2) is 9.97 Å². The SMILES string of the molecule is Cc1cc(-c2cccnc2)c(CN)c(=O)[nH]1. The second-order valence-corrected chi connectivity index (χ2v) is 3.62. The lowest BCUT2D eigenvalue weighted by molar-refractivity contribution is 1.000. The minimum absolute atomic E-state index is 0.124. The van der Waals surface area contributed by atoms with Crippen molar-refractivity contribution in [1.82, 2.24) is 9.97 Å². The quantitative estimate of drug-likeness (QED) is 0.790. The molecule has 4 heteroatoms. The van der Waals surface area contributed by atoms with Crippen molar-refractivity contribution in [3.8, 4) is 11.1 Å². The van der Waals surface area contributed by atoms with Crippen LogP contribution in [-0.2, 0) is 6.54 Å².